The molecule has 1 aliphatic carbocycles. The third kappa shape index (κ3) is 2.54. The van der Waals surface area contributed by atoms with Crippen LogP contribution in [0.15, 0.2) is 21.4 Å². The van der Waals surface area contributed by atoms with Gasteiger partial charge in [-0.2, -0.15) is 0 Å². The van der Waals surface area contributed by atoms with Crippen LogP contribution in [0.5, 0.6) is 0 Å². The summed E-state index contributed by atoms with van der Waals surface area (Å²) < 4.78 is 5.51. The number of rotatable bonds is 3. The van der Waals surface area contributed by atoms with Crippen LogP contribution >= 0.6 is 15.9 Å². The van der Waals surface area contributed by atoms with Crippen LogP contribution in [0.25, 0.3) is 0 Å². The number of hydrogen-bond donors (Lipinski definition) is 1. The first-order valence-electron chi connectivity index (χ1n) is 6.51. The molecule has 1 N–H and O–H groups in total. The molecule has 6 heteroatoms. The fraction of sp³-hybridized carbons (Fsp3) is 0.538. The number of amides is 2. The van der Waals surface area contributed by atoms with Gasteiger partial charge in [0, 0.05) is 12.6 Å². The van der Waals surface area contributed by atoms with Crippen molar-refractivity contribution in [1.82, 2.24) is 10.2 Å². The molecule has 2 aliphatic rings. The molecule has 2 heterocycles. The first-order valence-corrected chi connectivity index (χ1v) is 7.30. The van der Waals surface area contributed by atoms with Crippen LogP contribution in [0.2, 0.25) is 0 Å². The first-order chi connectivity index (χ1) is 9.16. The van der Waals surface area contributed by atoms with Gasteiger partial charge in [-0.15, -0.1) is 0 Å². The van der Waals surface area contributed by atoms with Crippen LogP contribution in [0.1, 0.15) is 36.0 Å². The highest BCUT2D eigenvalue weighted by Crippen LogP contribution is 2.26. The zero-order chi connectivity index (χ0) is 13.4. The molecule has 3 rings (SSSR count). The molecule has 2 fully saturated rings. The molecule has 1 aromatic rings. The molecule has 0 radical (unpaired) electrons. The Bertz CT molecular complexity index is 510. The van der Waals surface area contributed by atoms with Crippen LogP contribution in [0.3, 0.4) is 0 Å². The van der Waals surface area contributed by atoms with Crippen molar-refractivity contribution in [2.45, 2.75) is 37.8 Å². The molecule has 1 unspecified atom stereocenters. The Hall–Kier alpha value is -1.30. The Kier molecular flexibility index (Phi) is 3.35. The largest absolute Gasteiger partial charge is 0.457 e. The first kappa shape index (κ1) is 12.7. The van der Waals surface area contributed by atoms with Gasteiger partial charge in [0.1, 0.15) is 6.04 Å². The van der Waals surface area contributed by atoms with Gasteiger partial charge in [0.15, 0.2) is 4.67 Å². The number of carbonyl (C=O) groups excluding carboxylic acids is 2. The van der Waals surface area contributed by atoms with E-state index >= 15 is 0 Å². The van der Waals surface area contributed by atoms with Gasteiger partial charge in [0.25, 0.3) is 5.91 Å². The maximum Gasteiger partial charge on any atom is 0.259 e. The van der Waals surface area contributed by atoms with Crippen LogP contribution in [0, 0.1) is 0 Å². The SMILES string of the molecule is O=C(NC1CC1)C1CCCN1C(=O)c1ccoc1Br. The third-order valence-electron chi connectivity index (χ3n) is 3.59. The predicted molar refractivity (Wildman–Crippen MR) is 71.6 cm³/mol. The van der Waals surface area contributed by atoms with E-state index in [9.17, 15) is 9.59 Å². The summed E-state index contributed by atoms with van der Waals surface area (Å²) in [5.74, 6) is -0.165. The molecule has 1 atom stereocenters. The summed E-state index contributed by atoms with van der Waals surface area (Å²) >= 11 is 3.21. The van der Waals surface area contributed by atoms with Crippen molar-refractivity contribution in [1.29, 1.82) is 0 Å². The lowest BCUT2D eigenvalue weighted by molar-refractivity contribution is -0.125. The van der Waals surface area contributed by atoms with Gasteiger partial charge in [-0.05, 0) is 47.7 Å². The van der Waals surface area contributed by atoms with Crippen molar-refractivity contribution in [3.63, 3.8) is 0 Å². The summed E-state index contributed by atoms with van der Waals surface area (Å²) in [4.78, 5) is 26.2. The quantitative estimate of drug-likeness (QED) is 0.923. The summed E-state index contributed by atoms with van der Waals surface area (Å²) in [5.41, 5.74) is 0.478. The molecule has 1 saturated carbocycles. The third-order valence-corrected chi connectivity index (χ3v) is 4.20. The number of likely N-dealkylation sites (tertiary alicyclic amines) is 1. The number of hydrogen-bond acceptors (Lipinski definition) is 3. The Balaban J connectivity index is 1.73. The lowest BCUT2D eigenvalue weighted by Crippen LogP contribution is -2.46. The topological polar surface area (TPSA) is 62.6 Å². The highest BCUT2D eigenvalue weighted by Gasteiger charge is 2.37. The van der Waals surface area contributed by atoms with E-state index in [4.69, 9.17) is 4.42 Å². The molecule has 0 aromatic carbocycles. The van der Waals surface area contributed by atoms with Gasteiger partial charge >= 0.3 is 0 Å². The van der Waals surface area contributed by atoms with E-state index in [1.807, 2.05) is 0 Å². The minimum Gasteiger partial charge on any atom is -0.457 e. The van der Waals surface area contributed by atoms with E-state index < -0.39 is 0 Å². The molecule has 1 saturated heterocycles. The Morgan fingerprint density at radius 3 is 2.79 bits per heavy atom. The highest BCUT2D eigenvalue weighted by atomic mass is 79.9. The summed E-state index contributed by atoms with van der Waals surface area (Å²) in [7, 11) is 0. The summed E-state index contributed by atoms with van der Waals surface area (Å²) in [6.45, 7) is 0.624. The molecule has 0 spiro atoms. The van der Waals surface area contributed by atoms with E-state index in [1.54, 1.807) is 11.0 Å². The summed E-state index contributed by atoms with van der Waals surface area (Å²) in [6.07, 6.45) is 5.18. The van der Waals surface area contributed by atoms with Crippen molar-refractivity contribution in [2.24, 2.45) is 0 Å². The average Bonchev–Trinajstić information content (AvgIpc) is 2.92. The molecule has 19 heavy (non-hydrogen) atoms. The van der Waals surface area contributed by atoms with Crippen molar-refractivity contribution in [3.8, 4) is 0 Å². The van der Waals surface area contributed by atoms with E-state index in [1.165, 1.54) is 6.26 Å². The minimum atomic E-state index is -0.338. The second-order valence-electron chi connectivity index (χ2n) is 5.05. The van der Waals surface area contributed by atoms with Crippen molar-refractivity contribution in [3.05, 3.63) is 22.6 Å². The highest BCUT2D eigenvalue weighted by molar-refractivity contribution is 9.10. The van der Waals surface area contributed by atoms with Gasteiger partial charge in [0.2, 0.25) is 5.91 Å². The van der Waals surface area contributed by atoms with Gasteiger partial charge in [-0.25, -0.2) is 0 Å². The van der Waals surface area contributed by atoms with E-state index in [0.29, 0.717) is 22.8 Å². The van der Waals surface area contributed by atoms with Gasteiger partial charge < -0.3 is 14.6 Å². The number of halogens is 1. The van der Waals surface area contributed by atoms with Gasteiger partial charge in [0.05, 0.1) is 11.8 Å². The molecule has 1 aromatic heterocycles. The Morgan fingerprint density at radius 1 is 1.37 bits per heavy atom. The standard InChI is InChI=1S/C13H15BrN2O3/c14-11-9(5-7-19-11)13(18)16-6-1-2-10(16)12(17)15-8-3-4-8/h5,7-8,10H,1-4,6H2,(H,15,17). The predicted octanol–water partition coefficient (Wildman–Crippen LogP) is 1.93. The molecule has 102 valence electrons. The number of carbonyl (C=O) groups is 2. The van der Waals surface area contributed by atoms with E-state index in [-0.39, 0.29) is 17.9 Å². The maximum atomic E-state index is 12.4. The van der Waals surface area contributed by atoms with Crippen molar-refractivity contribution in [2.75, 3.05) is 6.54 Å². The second-order valence-corrected chi connectivity index (χ2v) is 5.77. The van der Waals surface area contributed by atoms with Crippen LogP contribution in [0.4, 0.5) is 0 Å². The lowest BCUT2D eigenvalue weighted by atomic mass is 10.2. The fourth-order valence-electron chi connectivity index (χ4n) is 2.41. The summed E-state index contributed by atoms with van der Waals surface area (Å²) in [6, 6.07) is 1.61. The number of nitrogens with zero attached hydrogens (tertiary/aromatic N) is 1. The number of furan rings is 1. The van der Waals surface area contributed by atoms with Crippen molar-refractivity contribution < 1.29 is 14.0 Å². The molecule has 0 bridgehead atoms. The van der Waals surface area contributed by atoms with E-state index in [2.05, 4.69) is 21.2 Å². The van der Waals surface area contributed by atoms with E-state index in [0.717, 1.165) is 25.7 Å². The molecule has 5 nitrogen and oxygen atoms in total. The van der Waals surface area contributed by atoms with Crippen LogP contribution in [-0.2, 0) is 4.79 Å². The minimum absolute atomic E-state index is 0.0204. The van der Waals surface area contributed by atoms with Crippen LogP contribution < -0.4 is 5.32 Å². The second kappa shape index (κ2) is 5.00. The lowest BCUT2D eigenvalue weighted by Gasteiger charge is -2.23. The molecule has 1 aliphatic heterocycles. The van der Waals surface area contributed by atoms with Crippen molar-refractivity contribution >= 4 is 27.7 Å². The Morgan fingerprint density at radius 2 is 2.16 bits per heavy atom. The molecular weight excluding hydrogens is 312 g/mol. The zero-order valence-electron chi connectivity index (χ0n) is 10.4. The average molecular weight is 327 g/mol. The maximum absolute atomic E-state index is 12.4. The zero-order valence-corrected chi connectivity index (χ0v) is 12.0. The van der Waals surface area contributed by atoms with Crippen LogP contribution in [-0.4, -0.2) is 35.3 Å². The summed E-state index contributed by atoms with van der Waals surface area (Å²) in [5, 5.41) is 2.97. The van der Waals surface area contributed by atoms with Gasteiger partial charge in [-0.1, -0.05) is 0 Å². The normalized spacial score (nSPS) is 22.6. The fourth-order valence-corrected chi connectivity index (χ4v) is 2.82. The van der Waals surface area contributed by atoms with Gasteiger partial charge in [-0.3, -0.25) is 9.59 Å². The molecular formula is C13H15BrN2O3. The Labute approximate surface area is 119 Å². The number of nitrogens with one attached hydrogen (secondary N) is 1. The molecule has 2 amide bonds. The monoisotopic (exact) mass is 326 g/mol. The smallest absolute Gasteiger partial charge is 0.259 e.